The molecule has 3 heterocycles. The molecule has 0 bridgehead atoms. The maximum absolute atomic E-state index is 12.1. The molecule has 3 aromatic heterocycles. The first-order valence-electron chi connectivity index (χ1n) is 8.99. The zero-order chi connectivity index (χ0) is 21.6. The Morgan fingerprint density at radius 2 is 1.61 bits per heavy atom. The van der Waals surface area contributed by atoms with Crippen molar-refractivity contribution in [3.63, 3.8) is 0 Å². The highest BCUT2D eigenvalue weighted by atomic mass is 16.6. The first-order chi connectivity index (χ1) is 15.1. The normalized spacial score (nSPS) is 10.3. The first kappa shape index (κ1) is 19.5. The lowest BCUT2D eigenvalue weighted by Gasteiger charge is -2.09. The van der Waals surface area contributed by atoms with E-state index in [0.717, 1.165) is 11.8 Å². The number of carbonyl (C=O) groups is 1. The molecule has 11 nitrogen and oxygen atoms in total. The Morgan fingerprint density at radius 3 is 2.29 bits per heavy atom. The van der Waals surface area contributed by atoms with E-state index in [1.165, 1.54) is 12.4 Å². The lowest BCUT2D eigenvalue weighted by molar-refractivity contribution is -0.402. The molecule has 154 valence electrons. The van der Waals surface area contributed by atoms with Crippen LogP contribution in [-0.2, 0) is 0 Å². The summed E-state index contributed by atoms with van der Waals surface area (Å²) < 4.78 is 4.89. The van der Waals surface area contributed by atoms with Crippen molar-refractivity contribution in [2.24, 2.45) is 0 Å². The van der Waals surface area contributed by atoms with Gasteiger partial charge in [0.15, 0.2) is 5.76 Å². The molecule has 0 spiro atoms. The highest BCUT2D eigenvalue weighted by molar-refractivity contribution is 6.02. The number of nitro groups is 1. The van der Waals surface area contributed by atoms with Crippen LogP contribution in [0.1, 0.15) is 10.6 Å². The highest BCUT2D eigenvalue weighted by Gasteiger charge is 2.17. The quantitative estimate of drug-likeness (QED) is 0.298. The minimum Gasteiger partial charge on any atom is -0.395 e. The zero-order valence-electron chi connectivity index (χ0n) is 15.9. The predicted molar refractivity (Wildman–Crippen MR) is 113 cm³/mol. The summed E-state index contributed by atoms with van der Waals surface area (Å²) in [6.45, 7) is 0. The van der Waals surface area contributed by atoms with Crippen molar-refractivity contribution in [2.75, 3.05) is 16.0 Å². The third-order valence-corrected chi connectivity index (χ3v) is 4.00. The number of anilines is 5. The molecule has 1 amide bonds. The van der Waals surface area contributed by atoms with Crippen molar-refractivity contribution >= 4 is 40.6 Å². The summed E-state index contributed by atoms with van der Waals surface area (Å²) in [5.41, 5.74) is 1.23. The molecule has 0 radical (unpaired) electrons. The molecule has 11 heteroatoms. The highest BCUT2D eigenvalue weighted by Crippen LogP contribution is 2.21. The molecular weight excluding hydrogens is 402 g/mol. The fourth-order valence-electron chi connectivity index (χ4n) is 2.59. The second-order valence-electron chi connectivity index (χ2n) is 6.18. The summed E-state index contributed by atoms with van der Waals surface area (Å²) in [7, 11) is 0. The van der Waals surface area contributed by atoms with Crippen molar-refractivity contribution in [3.05, 3.63) is 89.1 Å². The fourth-order valence-corrected chi connectivity index (χ4v) is 2.59. The van der Waals surface area contributed by atoms with E-state index in [1.807, 2.05) is 18.2 Å². The largest absolute Gasteiger partial charge is 0.433 e. The van der Waals surface area contributed by atoms with Crippen LogP contribution in [0, 0.1) is 10.1 Å². The van der Waals surface area contributed by atoms with E-state index in [-0.39, 0.29) is 5.76 Å². The van der Waals surface area contributed by atoms with Gasteiger partial charge in [-0.1, -0.05) is 6.07 Å². The minimum atomic E-state index is -0.707. The maximum atomic E-state index is 12.1. The van der Waals surface area contributed by atoms with E-state index >= 15 is 0 Å². The number of rotatable bonds is 7. The van der Waals surface area contributed by atoms with Gasteiger partial charge in [-0.3, -0.25) is 14.9 Å². The summed E-state index contributed by atoms with van der Waals surface area (Å²) in [4.78, 5) is 34.6. The number of benzene rings is 1. The van der Waals surface area contributed by atoms with Gasteiger partial charge in [-0.2, -0.15) is 0 Å². The molecule has 0 fully saturated rings. The van der Waals surface area contributed by atoms with Gasteiger partial charge in [0.05, 0.1) is 6.07 Å². The number of amides is 1. The van der Waals surface area contributed by atoms with Gasteiger partial charge in [0.1, 0.15) is 28.7 Å². The Balaban J connectivity index is 1.39. The summed E-state index contributed by atoms with van der Waals surface area (Å²) in [5, 5.41) is 19.5. The molecule has 0 aliphatic heterocycles. The fraction of sp³-hybridized carbons (Fsp3) is 0. The average Bonchev–Trinajstić information content (AvgIpc) is 3.27. The number of hydrogen-bond donors (Lipinski definition) is 3. The lowest BCUT2D eigenvalue weighted by atomic mass is 10.2. The summed E-state index contributed by atoms with van der Waals surface area (Å²) in [6, 6.07) is 16.4. The van der Waals surface area contributed by atoms with E-state index in [4.69, 9.17) is 4.42 Å². The SMILES string of the molecule is O=C(Nc1ccc(Nc2cc(Nc3ccccn3)ncn2)cc1)c1ccc([N+](=O)[O-])o1. The average molecular weight is 417 g/mol. The van der Waals surface area contributed by atoms with Gasteiger partial charge in [0, 0.05) is 23.6 Å². The first-order valence-corrected chi connectivity index (χ1v) is 8.99. The van der Waals surface area contributed by atoms with Crippen molar-refractivity contribution in [2.45, 2.75) is 0 Å². The van der Waals surface area contributed by atoms with Gasteiger partial charge in [0.2, 0.25) is 0 Å². The summed E-state index contributed by atoms with van der Waals surface area (Å²) in [6.07, 6.45) is 3.10. The summed E-state index contributed by atoms with van der Waals surface area (Å²) >= 11 is 0. The van der Waals surface area contributed by atoms with Gasteiger partial charge < -0.3 is 20.4 Å². The Labute approximate surface area is 175 Å². The number of pyridine rings is 1. The van der Waals surface area contributed by atoms with Crippen molar-refractivity contribution in [3.8, 4) is 0 Å². The Bertz CT molecular complexity index is 1210. The predicted octanol–water partition coefficient (Wildman–Crippen LogP) is 4.11. The molecule has 0 atom stereocenters. The molecule has 1 aromatic carbocycles. The second-order valence-corrected chi connectivity index (χ2v) is 6.18. The number of carbonyl (C=O) groups excluding carboxylic acids is 1. The van der Waals surface area contributed by atoms with Gasteiger partial charge in [-0.25, -0.2) is 15.0 Å². The smallest absolute Gasteiger partial charge is 0.395 e. The van der Waals surface area contributed by atoms with Crippen LogP contribution < -0.4 is 16.0 Å². The standard InChI is InChI=1S/C20H15N7O4/c28-20(15-8-9-19(31-15)27(29)30)25-14-6-4-13(5-7-14)24-17-11-18(23-12-22-17)26-16-3-1-2-10-21-16/h1-12H,(H,25,28)(H2,21,22,23,24,26). The lowest BCUT2D eigenvalue weighted by Crippen LogP contribution is -2.10. The molecule has 0 saturated carbocycles. The van der Waals surface area contributed by atoms with Gasteiger partial charge in [0.25, 0.3) is 5.91 Å². The second kappa shape index (κ2) is 8.69. The molecule has 4 aromatic rings. The Hall–Kier alpha value is -4.80. The number of hydrogen-bond acceptors (Lipinski definition) is 9. The molecule has 31 heavy (non-hydrogen) atoms. The van der Waals surface area contributed by atoms with Crippen molar-refractivity contribution in [1.82, 2.24) is 15.0 Å². The van der Waals surface area contributed by atoms with E-state index in [9.17, 15) is 14.9 Å². The monoisotopic (exact) mass is 417 g/mol. The molecule has 0 saturated heterocycles. The van der Waals surface area contributed by atoms with E-state index in [0.29, 0.717) is 23.1 Å². The molecule has 3 N–H and O–H groups in total. The van der Waals surface area contributed by atoms with Gasteiger partial charge in [-0.05, 0) is 42.5 Å². The van der Waals surface area contributed by atoms with Crippen LogP contribution in [0.15, 0.2) is 77.6 Å². The molecule has 0 aliphatic carbocycles. The molecule has 0 unspecified atom stereocenters. The maximum Gasteiger partial charge on any atom is 0.433 e. The van der Waals surface area contributed by atoms with Crippen molar-refractivity contribution < 1.29 is 14.1 Å². The van der Waals surface area contributed by atoms with E-state index in [1.54, 1.807) is 36.5 Å². The van der Waals surface area contributed by atoms with Crippen molar-refractivity contribution in [1.29, 1.82) is 0 Å². The van der Waals surface area contributed by atoms with Crippen LogP contribution in [0.2, 0.25) is 0 Å². The number of nitrogens with one attached hydrogen (secondary N) is 3. The van der Waals surface area contributed by atoms with Crippen LogP contribution in [0.25, 0.3) is 0 Å². The Morgan fingerprint density at radius 1 is 0.871 bits per heavy atom. The van der Waals surface area contributed by atoms with Crippen LogP contribution in [0.3, 0.4) is 0 Å². The Kier molecular flexibility index (Phi) is 5.47. The number of aromatic nitrogens is 3. The van der Waals surface area contributed by atoms with E-state index < -0.39 is 16.7 Å². The number of nitrogens with zero attached hydrogens (tertiary/aromatic N) is 4. The van der Waals surface area contributed by atoms with Gasteiger partial charge in [-0.15, -0.1) is 0 Å². The van der Waals surface area contributed by atoms with Crippen LogP contribution in [0.4, 0.5) is 34.7 Å². The third-order valence-electron chi connectivity index (χ3n) is 4.00. The molecular formula is C20H15N7O4. The summed E-state index contributed by atoms with van der Waals surface area (Å²) in [5.74, 6) is 0.569. The van der Waals surface area contributed by atoms with Crippen LogP contribution >= 0.6 is 0 Å². The molecule has 0 aliphatic rings. The van der Waals surface area contributed by atoms with Gasteiger partial charge >= 0.3 is 5.88 Å². The zero-order valence-corrected chi connectivity index (χ0v) is 15.9. The van der Waals surface area contributed by atoms with Crippen LogP contribution in [0.5, 0.6) is 0 Å². The third kappa shape index (κ3) is 4.98. The topological polar surface area (TPSA) is 148 Å². The van der Waals surface area contributed by atoms with E-state index in [2.05, 4.69) is 30.9 Å². The minimum absolute atomic E-state index is 0.150. The number of furan rings is 1. The van der Waals surface area contributed by atoms with Crippen LogP contribution in [-0.4, -0.2) is 25.8 Å². The molecule has 4 rings (SSSR count).